The highest BCUT2D eigenvalue weighted by molar-refractivity contribution is 5.67. The number of hydrogen-bond acceptors (Lipinski definition) is 2. The van der Waals surface area contributed by atoms with Crippen LogP contribution in [0.15, 0.2) is 11.6 Å². The van der Waals surface area contributed by atoms with Crippen LogP contribution in [0, 0.1) is 0 Å². The van der Waals surface area contributed by atoms with Gasteiger partial charge in [0, 0.05) is 6.61 Å². The van der Waals surface area contributed by atoms with Gasteiger partial charge in [0.15, 0.2) is 6.29 Å². The highest BCUT2D eigenvalue weighted by Gasteiger charge is 2.32. The number of ether oxygens (including phenoxy) is 1. The normalized spacial score (nSPS) is 30.7. The maximum absolute atomic E-state index is 10.8. The smallest absolute Gasteiger partial charge is 0.155 e. The van der Waals surface area contributed by atoms with Gasteiger partial charge in [0.05, 0.1) is 0 Å². The topological polar surface area (TPSA) is 26.3 Å². The van der Waals surface area contributed by atoms with Crippen molar-refractivity contribution in [1.82, 2.24) is 0 Å². The first-order valence-corrected chi connectivity index (χ1v) is 4.51. The summed E-state index contributed by atoms with van der Waals surface area (Å²) in [5.41, 5.74) is 0.643. The van der Waals surface area contributed by atoms with Crippen LogP contribution in [-0.4, -0.2) is 18.5 Å². The summed E-state index contributed by atoms with van der Waals surface area (Å²) in [6.45, 7) is 4.83. The maximum Gasteiger partial charge on any atom is 0.155 e. The summed E-state index contributed by atoms with van der Waals surface area (Å²) in [6.07, 6.45) is 5.71. The van der Waals surface area contributed by atoms with E-state index in [2.05, 4.69) is 6.92 Å². The van der Waals surface area contributed by atoms with Crippen molar-refractivity contribution in [2.75, 3.05) is 6.61 Å². The van der Waals surface area contributed by atoms with Crippen LogP contribution in [-0.2, 0) is 9.53 Å². The van der Waals surface area contributed by atoms with E-state index in [1.165, 1.54) is 5.57 Å². The van der Waals surface area contributed by atoms with Gasteiger partial charge in [-0.3, -0.25) is 4.79 Å². The lowest BCUT2D eigenvalue weighted by Crippen LogP contribution is -2.26. The van der Waals surface area contributed by atoms with Crippen molar-refractivity contribution < 1.29 is 9.53 Å². The van der Waals surface area contributed by atoms with Crippen LogP contribution in [0.5, 0.6) is 0 Å². The molecule has 1 aliphatic rings. The SMILES string of the molecule is CCC(C)=CC1(C=O)CCCO1. The molecule has 0 aromatic carbocycles. The highest BCUT2D eigenvalue weighted by Crippen LogP contribution is 2.26. The van der Waals surface area contributed by atoms with Gasteiger partial charge in [-0.05, 0) is 32.3 Å². The van der Waals surface area contributed by atoms with E-state index >= 15 is 0 Å². The average molecular weight is 168 g/mol. The van der Waals surface area contributed by atoms with E-state index in [0.29, 0.717) is 6.61 Å². The standard InChI is InChI=1S/C10H16O2/c1-3-9(2)7-10(8-11)5-4-6-12-10/h7-8H,3-6H2,1-2H3. The van der Waals surface area contributed by atoms with E-state index in [4.69, 9.17) is 4.74 Å². The molecule has 0 amide bonds. The van der Waals surface area contributed by atoms with Crippen molar-refractivity contribution in [3.8, 4) is 0 Å². The Hall–Kier alpha value is -0.630. The Morgan fingerprint density at radius 2 is 2.42 bits per heavy atom. The van der Waals surface area contributed by atoms with E-state index in [-0.39, 0.29) is 0 Å². The summed E-state index contributed by atoms with van der Waals surface area (Å²) in [5, 5.41) is 0. The molecular formula is C10H16O2. The van der Waals surface area contributed by atoms with Gasteiger partial charge < -0.3 is 4.74 Å². The monoisotopic (exact) mass is 168 g/mol. The highest BCUT2D eigenvalue weighted by atomic mass is 16.5. The second-order valence-electron chi connectivity index (χ2n) is 3.37. The van der Waals surface area contributed by atoms with Gasteiger partial charge >= 0.3 is 0 Å². The Bertz CT molecular complexity index is 188. The minimum Gasteiger partial charge on any atom is -0.363 e. The van der Waals surface area contributed by atoms with Crippen LogP contribution >= 0.6 is 0 Å². The summed E-state index contributed by atoms with van der Waals surface area (Å²) >= 11 is 0. The van der Waals surface area contributed by atoms with Gasteiger partial charge in [-0.1, -0.05) is 12.5 Å². The molecule has 0 radical (unpaired) electrons. The molecule has 1 heterocycles. The maximum atomic E-state index is 10.8. The van der Waals surface area contributed by atoms with E-state index in [0.717, 1.165) is 25.5 Å². The van der Waals surface area contributed by atoms with Crippen molar-refractivity contribution >= 4 is 6.29 Å². The van der Waals surface area contributed by atoms with Gasteiger partial charge in [0.25, 0.3) is 0 Å². The molecule has 68 valence electrons. The fraction of sp³-hybridized carbons (Fsp3) is 0.700. The predicted octanol–water partition coefficient (Wildman–Crippen LogP) is 2.09. The first-order chi connectivity index (χ1) is 5.72. The van der Waals surface area contributed by atoms with Gasteiger partial charge in [0.2, 0.25) is 0 Å². The second kappa shape index (κ2) is 3.85. The Balaban J connectivity index is 2.73. The molecule has 1 fully saturated rings. The van der Waals surface area contributed by atoms with Crippen LogP contribution < -0.4 is 0 Å². The first-order valence-electron chi connectivity index (χ1n) is 4.51. The van der Waals surface area contributed by atoms with E-state index in [1.54, 1.807) is 0 Å². The van der Waals surface area contributed by atoms with Crippen LogP contribution in [0.4, 0.5) is 0 Å². The number of hydrogen-bond donors (Lipinski definition) is 0. The molecule has 0 saturated carbocycles. The number of carbonyl (C=O) groups excluding carboxylic acids is 1. The largest absolute Gasteiger partial charge is 0.363 e. The zero-order chi connectivity index (χ0) is 9.03. The molecule has 0 aromatic rings. The molecule has 1 aliphatic heterocycles. The molecule has 0 bridgehead atoms. The van der Waals surface area contributed by atoms with Crippen LogP contribution in [0.2, 0.25) is 0 Å². The van der Waals surface area contributed by atoms with Gasteiger partial charge in [0.1, 0.15) is 5.60 Å². The molecule has 1 saturated heterocycles. The van der Waals surface area contributed by atoms with Gasteiger partial charge in [-0.25, -0.2) is 0 Å². The van der Waals surface area contributed by atoms with Crippen molar-refractivity contribution in [3.63, 3.8) is 0 Å². The molecule has 1 rings (SSSR count). The zero-order valence-electron chi connectivity index (χ0n) is 7.80. The molecule has 0 aromatic heterocycles. The Morgan fingerprint density at radius 1 is 1.67 bits per heavy atom. The molecule has 1 atom stereocenters. The van der Waals surface area contributed by atoms with Crippen molar-refractivity contribution in [3.05, 3.63) is 11.6 Å². The minimum atomic E-state index is -0.583. The number of allylic oxidation sites excluding steroid dienone is 1. The third kappa shape index (κ3) is 1.95. The summed E-state index contributed by atoms with van der Waals surface area (Å²) < 4.78 is 5.42. The van der Waals surface area contributed by atoms with Crippen molar-refractivity contribution in [2.45, 2.75) is 38.7 Å². The van der Waals surface area contributed by atoms with Gasteiger partial charge in [-0.2, -0.15) is 0 Å². The number of rotatable bonds is 3. The number of carbonyl (C=O) groups is 1. The lowest BCUT2D eigenvalue weighted by molar-refractivity contribution is -0.121. The van der Waals surface area contributed by atoms with E-state index < -0.39 is 5.60 Å². The quantitative estimate of drug-likeness (QED) is 0.476. The number of aldehydes is 1. The van der Waals surface area contributed by atoms with Crippen molar-refractivity contribution in [1.29, 1.82) is 0 Å². The Morgan fingerprint density at radius 3 is 2.83 bits per heavy atom. The third-order valence-electron chi connectivity index (χ3n) is 2.33. The summed E-state index contributed by atoms with van der Waals surface area (Å²) in [6, 6.07) is 0. The molecule has 1 unspecified atom stereocenters. The zero-order valence-corrected chi connectivity index (χ0v) is 7.80. The van der Waals surface area contributed by atoms with Crippen LogP contribution in [0.25, 0.3) is 0 Å². The average Bonchev–Trinajstić information content (AvgIpc) is 2.54. The summed E-state index contributed by atoms with van der Waals surface area (Å²) in [4.78, 5) is 10.8. The fourth-order valence-corrected chi connectivity index (χ4v) is 1.44. The first kappa shape index (κ1) is 9.46. The van der Waals surface area contributed by atoms with Gasteiger partial charge in [-0.15, -0.1) is 0 Å². The predicted molar refractivity (Wildman–Crippen MR) is 48.0 cm³/mol. The van der Waals surface area contributed by atoms with Crippen molar-refractivity contribution in [2.24, 2.45) is 0 Å². The minimum absolute atomic E-state index is 0.583. The third-order valence-corrected chi connectivity index (χ3v) is 2.33. The van der Waals surface area contributed by atoms with Crippen LogP contribution in [0.1, 0.15) is 33.1 Å². The molecule has 0 spiro atoms. The summed E-state index contributed by atoms with van der Waals surface area (Å²) in [5.74, 6) is 0. The molecule has 0 aliphatic carbocycles. The lowest BCUT2D eigenvalue weighted by atomic mass is 9.98. The van der Waals surface area contributed by atoms with E-state index in [9.17, 15) is 4.79 Å². The van der Waals surface area contributed by atoms with Crippen LogP contribution in [0.3, 0.4) is 0 Å². The molecule has 0 N–H and O–H groups in total. The Labute approximate surface area is 73.6 Å². The van der Waals surface area contributed by atoms with E-state index in [1.807, 2.05) is 13.0 Å². The fourth-order valence-electron chi connectivity index (χ4n) is 1.44. The second-order valence-corrected chi connectivity index (χ2v) is 3.37. The molecular weight excluding hydrogens is 152 g/mol. The molecule has 12 heavy (non-hydrogen) atoms. The summed E-state index contributed by atoms with van der Waals surface area (Å²) in [7, 11) is 0. The lowest BCUT2D eigenvalue weighted by Gasteiger charge is -2.17. The molecule has 2 nitrogen and oxygen atoms in total. The Kier molecular flexibility index (Phi) is 3.04. The molecule has 2 heteroatoms.